The van der Waals surface area contributed by atoms with E-state index >= 15 is 0 Å². The number of rotatable bonds is 19. The van der Waals surface area contributed by atoms with Gasteiger partial charge in [-0.15, -0.1) is 0 Å². The van der Waals surface area contributed by atoms with E-state index in [1.54, 1.807) is 18.3 Å². The lowest BCUT2D eigenvalue weighted by Gasteiger charge is -2.04. The largest absolute Gasteiger partial charge is 0.352 e. The monoisotopic (exact) mass is 474 g/mol. The molecule has 0 radical (unpaired) electrons. The normalized spacial score (nSPS) is 12.4. The first-order chi connectivity index (χ1) is 17.2. The fourth-order valence-electron chi connectivity index (χ4n) is 3.10. The quantitative estimate of drug-likeness (QED) is 0.165. The molecule has 1 aromatic heterocycles. The summed E-state index contributed by atoms with van der Waals surface area (Å²) in [6.07, 6.45) is 37.7. The Bertz CT molecular complexity index is 861. The van der Waals surface area contributed by atoms with Gasteiger partial charge in [0.1, 0.15) is 5.78 Å². The Hall–Kier alpha value is -3.27. The maximum atomic E-state index is 12.0. The van der Waals surface area contributed by atoms with Gasteiger partial charge in [-0.25, -0.2) is 0 Å². The van der Waals surface area contributed by atoms with Gasteiger partial charge in [0, 0.05) is 31.8 Å². The molecule has 1 heterocycles. The first kappa shape index (κ1) is 29.8. The van der Waals surface area contributed by atoms with Crippen LogP contribution in [0.25, 0.3) is 0 Å². The van der Waals surface area contributed by atoms with E-state index in [0.29, 0.717) is 31.4 Å². The molecule has 4 heteroatoms. The van der Waals surface area contributed by atoms with Gasteiger partial charge in [-0.05, 0) is 63.5 Å². The van der Waals surface area contributed by atoms with Crippen molar-refractivity contribution in [2.24, 2.45) is 0 Å². The average molecular weight is 475 g/mol. The summed E-state index contributed by atoms with van der Waals surface area (Å²) in [5.41, 5.74) is 0.538. The van der Waals surface area contributed by atoms with Crippen molar-refractivity contribution < 1.29 is 9.59 Å². The molecule has 0 spiro atoms. The zero-order valence-corrected chi connectivity index (χ0v) is 21.3. The SMILES string of the molecule is CC/C=C\C/C=C\C/C=C\C/C=C\C/C=C\C/C=C\CCC(=O)CCCNC(=O)c1cccnc1. The van der Waals surface area contributed by atoms with Crippen LogP contribution in [0.5, 0.6) is 0 Å². The molecule has 1 N–H and O–H groups in total. The van der Waals surface area contributed by atoms with Crippen LogP contribution in [0.2, 0.25) is 0 Å². The third-order valence-electron chi connectivity index (χ3n) is 5.03. The van der Waals surface area contributed by atoms with Crippen molar-refractivity contribution in [2.75, 3.05) is 6.54 Å². The van der Waals surface area contributed by atoms with Gasteiger partial charge in [0.25, 0.3) is 5.91 Å². The van der Waals surface area contributed by atoms with Crippen LogP contribution in [-0.4, -0.2) is 23.2 Å². The molecule has 0 bridgehead atoms. The second-order valence-corrected chi connectivity index (χ2v) is 8.09. The minimum atomic E-state index is -0.150. The maximum Gasteiger partial charge on any atom is 0.252 e. The van der Waals surface area contributed by atoms with Gasteiger partial charge >= 0.3 is 0 Å². The van der Waals surface area contributed by atoms with E-state index in [4.69, 9.17) is 0 Å². The van der Waals surface area contributed by atoms with Crippen LogP contribution in [0.3, 0.4) is 0 Å². The van der Waals surface area contributed by atoms with E-state index in [0.717, 1.165) is 44.9 Å². The minimum Gasteiger partial charge on any atom is -0.352 e. The first-order valence-electron chi connectivity index (χ1n) is 12.8. The van der Waals surface area contributed by atoms with Crippen LogP contribution in [-0.2, 0) is 4.79 Å². The molecule has 1 rings (SSSR count). The molecule has 0 saturated heterocycles. The third kappa shape index (κ3) is 18.8. The smallest absolute Gasteiger partial charge is 0.252 e. The summed E-state index contributed by atoms with van der Waals surface area (Å²) in [6, 6.07) is 3.45. The summed E-state index contributed by atoms with van der Waals surface area (Å²) in [5, 5.41) is 2.82. The van der Waals surface area contributed by atoms with Crippen molar-refractivity contribution in [1.82, 2.24) is 10.3 Å². The lowest BCUT2D eigenvalue weighted by molar-refractivity contribution is -0.119. The van der Waals surface area contributed by atoms with E-state index in [9.17, 15) is 9.59 Å². The number of carbonyl (C=O) groups is 2. The standard InChI is InChI=1S/C31H42N2O2/c1-2-3-4-5-6-7-8-9-10-11-12-13-14-15-16-17-18-19-20-24-30(34)25-22-27-33-31(35)29-23-21-26-32-28-29/h3-4,6-7,9-10,12-13,15-16,18-19,21,23,26,28H,2,5,8,11,14,17,20,22,24-25,27H2,1H3,(H,33,35)/b4-3-,7-6-,10-9-,13-12-,16-15-,19-18-. The molecule has 0 unspecified atom stereocenters. The maximum absolute atomic E-state index is 12.0. The zero-order valence-electron chi connectivity index (χ0n) is 21.3. The van der Waals surface area contributed by atoms with Gasteiger partial charge in [-0.2, -0.15) is 0 Å². The van der Waals surface area contributed by atoms with E-state index in [1.807, 2.05) is 0 Å². The Morgan fingerprint density at radius 1 is 0.771 bits per heavy atom. The second-order valence-electron chi connectivity index (χ2n) is 8.09. The number of carbonyl (C=O) groups excluding carboxylic acids is 2. The van der Waals surface area contributed by atoms with Crippen molar-refractivity contribution in [2.45, 2.75) is 71.1 Å². The van der Waals surface area contributed by atoms with Crippen molar-refractivity contribution in [3.63, 3.8) is 0 Å². The number of hydrogen-bond acceptors (Lipinski definition) is 3. The Labute approximate surface area is 212 Å². The van der Waals surface area contributed by atoms with E-state index < -0.39 is 0 Å². The molecule has 0 aliphatic heterocycles. The molecule has 1 aromatic rings. The highest BCUT2D eigenvalue weighted by Gasteiger charge is 2.05. The molecule has 188 valence electrons. The predicted molar refractivity (Wildman–Crippen MR) is 148 cm³/mol. The van der Waals surface area contributed by atoms with Crippen LogP contribution < -0.4 is 5.32 Å². The molecule has 0 fully saturated rings. The number of ketones is 1. The van der Waals surface area contributed by atoms with Gasteiger partial charge in [0.2, 0.25) is 0 Å². The molecule has 35 heavy (non-hydrogen) atoms. The van der Waals surface area contributed by atoms with Gasteiger partial charge in [0.05, 0.1) is 5.56 Å². The van der Waals surface area contributed by atoms with Crippen molar-refractivity contribution >= 4 is 11.7 Å². The second kappa shape index (κ2) is 22.5. The number of amides is 1. The molecule has 0 atom stereocenters. The summed E-state index contributed by atoms with van der Waals surface area (Å²) in [7, 11) is 0. The summed E-state index contributed by atoms with van der Waals surface area (Å²) < 4.78 is 0. The highest BCUT2D eigenvalue weighted by molar-refractivity contribution is 5.93. The number of aromatic nitrogens is 1. The van der Waals surface area contributed by atoms with E-state index in [2.05, 4.69) is 90.1 Å². The Kier molecular flexibility index (Phi) is 19.1. The molecule has 4 nitrogen and oxygen atoms in total. The highest BCUT2D eigenvalue weighted by Crippen LogP contribution is 2.02. The molecule has 1 amide bonds. The summed E-state index contributed by atoms with van der Waals surface area (Å²) >= 11 is 0. The van der Waals surface area contributed by atoms with Crippen LogP contribution in [0.15, 0.2) is 97.4 Å². The van der Waals surface area contributed by atoms with Gasteiger partial charge < -0.3 is 5.32 Å². The number of pyridine rings is 1. The highest BCUT2D eigenvalue weighted by atomic mass is 16.1. The van der Waals surface area contributed by atoms with Crippen molar-refractivity contribution in [3.05, 3.63) is 103 Å². The number of nitrogens with one attached hydrogen (secondary N) is 1. The molecular weight excluding hydrogens is 432 g/mol. The van der Waals surface area contributed by atoms with Gasteiger partial charge in [0.15, 0.2) is 0 Å². The van der Waals surface area contributed by atoms with Gasteiger partial charge in [-0.1, -0.05) is 79.8 Å². The Morgan fingerprint density at radius 3 is 1.83 bits per heavy atom. The van der Waals surface area contributed by atoms with Gasteiger partial charge in [-0.3, -0.25) is 14.6 Å². The Balaban J connectivity index is 1.96. The van der Waals surface area contributed by atoms with Crippen LogP contribution >= 0.6 is 0 Å². The lowest BCUT2D eigenvalue weighted by atomic mass is 10.1. The number of Topliss-reactive ketones (excluding diaryl/α,β-unsaturated/α-hetero) is 1. The Morgan fingerprint density at radius 2 is 1.31 bits per heavy atom. The number of nitrogens with zero attached hydrogens (tertiary/aromatic N) is 1. The van der Waals surface area contributed by atoms with Crippen LogP contribution in [0, 0.1) is 0 Å². The molecule has 0 aliphatic rings. The predicted octanol–water partition coefficient (Wildman–Crippen LogP) is 7.64. The topological polar surface area (TPSA) is 59.1 Å². The number of allylic oxidation sites excluding steroid dienone is 12. The number of hydrogen-bond donors (Lipinski definition) is 1. The fourth-order valence-corrected chi connectivity index (χ4v) is 3.10. The minimum absolute atomic E-state index is 0.150. The van der Waals surface area contributed by atoms with E-state index in [1.165, 1.54) is 6.20 Å². The third-order valence-corrected chi connectivity index (χ3v) is 5.03. The van der Waals surface area contributed by atoms with Crippen LogP contribution in [0.4, 0.5) is 0 Å². The summed E-state index contributed by atoms with van der Waals surface area (Å²) in [6.45, 7) is 2.65. The molecular formula is C31H42N2O2. The molecule has 0 saturated carbocycles. The van der Waals surface area contributed by atoms with Crippen molar-refractivity contribution in [3.8, 4) is 0 Å². The first-order valence-corrected chi connectivity index (χ1v) is 12.8. The lowest BCUT2D eigenvalue weighted by Crippen LogP contribution is -2.24. The fraction of sp³-hybridized carbons (Fsp3) is 0.387. The van der Waals surface area contributed by atoms with E-state index in [-0.39, 0.29) is 11.7 Å². The summed E-state index contributed by atoms with van der Waals surface area (Å²) in [5.74, 6) is 0.0867. The molecule has 0 aliphatic carbocycles. The summed E-state index contributed by atoms with van der Waals surface area (Å²) in [4.78, 5) is 27.8. The zero-order chi connectivity index (χ0) is 25.2. The van der Waals surface area contributed by atoms with Crippen molar-refractivity contribution in [1.29, 1.82) is 0 Å². The molecule has 0 aromatic carbocycles. The van der Waals surface area contributed by atoms with Crippen LogP contribution in [0.1, 0.15) is 81.5 Å². The average Bonchev–Trinajstić information content (AvgIpc) is 2.88.